The fourth-order valence-electron chi connectivity index (χ4n) is 1.43. The number of allylic oxidation sites excluding steroid dienone is 2. The van der Waals surface area contributed by atoms with Gasteiger partial charge in [-0.25, -0.2) is 0 Å². The molecule has 0 fully saturated rings. The first-order valence-electron chi connectivity index (χ1n) is 5.20. The van der Waals surface area contributed by atoms with E-state index < -0.39 is 0 Å². The Bertz CT molecular complexity index is 335. The van der Waals surface area contributed by atoms with Crippen LogP contribution in [-0.2, 0) is 0 Å². The molecule has 0 heterocycles. The molecule has 0 spiro atoms. The Balaban J connectivity index is 2.70. The molecule has 1 rings (SSSR count). The van der Waals surface area contributed by atoms with E-state index in [1.807, 2.05) is 37.3 Å². The molecule has 1 nitrogen and oxygen atoms in total. The second-order valence-electron chi connectivity index (χ2n) is 3.78. The van der Waals surface area contributed by atoms with E-state index in [0.29, 0.717) is 0 Å². The highest BCUT2D eigenvalue weighted by atomic mass is 16.3. The standard InChI is InChI=1S/C14H18O/c1-4-5-6-14(15)13-9-7-12(8-10-13)11(2)3/h4,7-10,14-15H,1-2,5-6H2,3H3. The third kappa shape index (κ3) is 3.37. The molecular formula is C14H18O. The highest BCUT2D eigenvalue weighted by molar-refractivity contribution is 5.61. The molecular weight excluding hydrogens is 184 g/mol. The molecule has 0 aromatic heterocycles. The normalized spacial score (nSPS) is 12.1. The lowest BCUT2D eigenvalue weighted by Crippen LogP contribution is -1.96. The van der Waals surface area contributed by atoms with Gasteiger partial charge in [-0.3, -0.25) is 0 Å². The number of aliphatic hydroxyl groups is 1. The molecule has 1 aromatic rings. The van der Waals surface area contributed by atoms with Crippen molar-refractivity contribution in [3.05, 3.63) is 54.6 Å². The fourth-order valence-corrected chi connectivity index (χ4v) is 1.43. The maximum Gasteiger partial charge on any atom is 0.0793 e. The first-order chi connectivity index (χ1) is 7.15. The van der Waals surface area contributed by atoms with Crippen LogP contribution >= 0.6 is 0 Å². The second-order valence-corrected chi connectivity index (χ2v) is 3.78. The first kappa shape index (κ1) is 11.7. The van der Waals surface area contributed by atoms with E-state index in [-0.39, 0.29) is 6.10 Å². The molecule has 1 aromatic carbocycles. The lowest BCUT2D eigenvalue weighted by atomic mass is 10.0. The molecule has 15 heavy (non-hydrogen) atoms. The number of hydrogen-bond acceptors (Lipinski definition) is 1. The minimum Gasteiger partial charge on any atom is -0.388 e. The van der Waals surface area contributed by atoms with Crippen LogP contribution < -0.4 is 0 Å². The van der Waals surface area contributed by atoms with Gasteiger partial charge < -0.3 is 5.11 Å². The summed E-state index contributed by atoms with van der Waals surface area (Å²) in [6.07, 6.45) is 3.01. The average molecular weight is 202 g/mol. The summed E-state index contributed by atoms with van der Waals surface area (Å²) in [5.41, 5.74) is 3.12. The molecule has 0 radical (unpaired) electrons. The predicted molar refractivity (Wildman–Crippen MR) is 65.5 cm³/mol. The average Bonchev–Trinajstić information content (AvgIpc) is 2.26. The van der Waals surface area contributed by atoms with Gasteiger partial charge in [-0.2, -0.15) is 0 Å². The Hall–Kier alpha value is -1.34. The van der Waals surface area contributed by atoms with Gasteiger partial charge in [0.15, 0.2) is 0 Å². The number of rotatable bonds is 5. The van der Waals surface area contributed by atoms with Crippen molar-refractivity contribution in [1.82, 2.24) is 0 Å². The van der Waals surface area contributed by atoms with E-state index in [4.69, 9.17) is 0 Å². The molecule has 1 unspecified atom stereocenters. The Morgan fingerprint density at radius 2 is 2.00 bits per heavy atom. The van der Waals surface area contributed by atoms with Crippen molar-refractivity contribution < 1.29 is 5.11 Å². The third-order valence-corrected chi connectivity index (χ3v) is 2.43. The summed E-state index contributed by atoms with van der Waals surface area (Å²) in [4.78, 5) is 0. The van der Waals surface area contributed by atoms with Gasteiger partial charge in [-0.15, -0.1) is 6.58 Å². The summed E-state index contributed by atoms with van der Waals surface area (Å²) in [5, 5.41) is 9.81. The zero-order valence-corrected chi connectivity index (χ0v) is 9.24. The zero-order chi connectivity index (χ0) is 11.3. The highest BCUT2D eigenvalue weighted by Gasteiger charge is 2.05. The Morgan fingerprint density at radius 1 is 1.40 bits per heavy atom. The molecule has 1 heteroatoms. The van der Waals surface area contributed by atoms with Crippen molar-refractivity contribution in [2.24, 2.45) is 0 Å². The van der Waals surface area contributed by atoms with Crippen LogP contribution in [0.2, 0.25) is 0 Å². The van der Waals surface area contributed by atoms with E-state index >= 15 is 0 Å². The SMILES string of the molecule is C=CCCC(O)c1ccc(C(=C)C)cc1. The van der Waals surface area contributed by atoms with Crippen molar-refractivity contribution in [1.29, 1.82) is 0 Å². The number of aliphatic hydroxyl groups excluding tert-OH is 1. The molecule has 0 aliphatic carbocycles. The zero-order valence-electron chi connectivity index (χ0n) is 9.24. The summed E-state index contributed by atoms with van der Waals surface area (Å²) in [5.74, 6) is 0. The topological polar surface area (TPSA) is 20.2 Å². The molecule has 0 saturated carbocycles. The Kier molecular flexibility index (Phi) is 4.32. The van der Waals surface area contributed by atoms with Crippen LogP contribution in [0.25, 0.3) is 5.57 Å². The summed E-state index contributed by atoms with van der Waals surface area (Å²) in [6.45, 7) is 9.49. The molecule has 0 amide bonds. The fraction of sp³-hybridized carbons (Fsp3) is 0.286. The van der Waals surface area contributed by atoms with Crippen molar-refractivity contribution in [2.75, 3.05) is 0 Å². The third-order valence-electron chi connectivity index (χ3n) is 2.43. The van der Waals surface area contributed by atoms with Gasteiger partial charge in [0.2, 0.25) is 0 Å². The van der Waals surface area contributed by atoms with Crippen LogP contribution in [-0.4, -0.2) is 5.11 Å². The largest absolute Gasteiger partial charge is 0.388 e. The van der Waals surface area contributed by atoms with Gasteiger partial charge in [-0.1, -0.05) is 42.5 Å². The first-order valence-corrected chi connectivity index (χ1v) is 5.20. The number of benzene rings is 1. The summed E-state index contributed by atoms with van der Waals surface area (Å²) < 4.78 is 0. The monoisotopic (exact) mass is 202 g/mol. The molecule has 1 N–H and O–H groups in total. The summed E-state index contributed by atoms with van der Waals surface area (Å²) >= 11 is 0. The predicted octanol–water partition coefficient (Wildman–Crippen LogP) is 3.72. The maximum absolute atomic E-state index is 9.81. The van der Waals surface area contributed by atoms with Crippen LogP contribution in [0.3, 0.4) is 0 Å². The van der Waals surface area contributed by atoms with E-state index in [9.17, 15) is 5.11 Å². The van der Waals surface area contributed by atoms with Crippen LogP contribution in [0, 0.1) is 0 Å². The van der Waals surface area contributed by atoms with Crippen LogP contribution in [0.4, 0.5) is 0 Å². The minimum atomic E-state index is -0.387. The highest BCUT2D eigenvalue weighted by Crippen LogP contribution is 2.20. The van der Waals surface area contributed by atoms with Gasteiger partial charge in [0.1, 0.15) is 0 Å². The maximum atomic E-state index is 9.81. The number of hydrogen-bond donors (Lipinski definition) is 1. The molecule has 80 valence electrons. The second kappa shape index (κ2) is 5.52. The van der Waals surface area contributed by atoms with Crippen LogP contribution in [0.1, 0.15) is 37.0 Å². The van der Waals surface area contributed by atoms with E-state index in [0.717, 1.165) is 29.5 Å². The smallest absolute Gasteiger partial charge is 0.0793 e. The van der Waals surface area contributed by atoms with Gasteiger partial charge in [0, 0.05) is 0 Å². The van der Waals surface area contributed by atoms with Crippen LogP contribution in [0.5, 0.6) is 0 Å². The Labute approximate surface area is 91.8 Å². The van der Waals surface area contributed by atoms with Gasteiger partial charge in [0.25, 0.3) is 0 Å². The molecule has 1 atom stereocenters. The molecule has 0 bridgehead atoms. The van der Waals surface area contributed by atoms with Crippen molar-refractivity contribution in [2.45, 2.75) is 25.9 Å². The van der Waals surface area contributed by atoms with Gasteiger partial charge in [0.05, 0.1) is 6.10 Å². The molecule has 0 saturated heterocycles. The lowest BCUT2D eigenvalue weighted by molar-refractivity contribution is 0.169. The summed E-state index contributed by atoms with van der Waals surface area (Å²) in [7, 11) is 0. The van der Waals surface area contributed by atoms with E-state index in [2.05, 4.69) is 13.2 Å². The molecule has 0 aliphatic heterocycles. The quantitative estimate of drug-likeness (QED) is 0.721. The summed E-state index contributed by atoms with van der Waals surface area (Å²) in [6, 6.07) is 7.90. The minimum absolute atomic E-state index is 0.387. The van der Waals surface area contributed by atoms with Crippen molar-refractivity contribution in [3.8, 4) is 0 Å². The van der Waals surface area contributed by atoms with E-state index in [1.54, 1.807) is 0 Å². The lowest BCUT2D eigenvalue weighted by Gasteiger charge is -2.10. The van der Waals surface area contributed by atoms with Crippen LogP contribution in [0.15, 0.2) is 43.5 Å². The van der Waals surface area contributed by atoms with Crippen molar-refractivity contribution >= 4 is 5.57 Å². The van der Waals surface area contributed by atoms with Crippen molar-refractivity contribution in [3.63, 3.8) is 0 Å². The Morgan fingerprint density at radius 3 is 2.47 bits per heavy atom. The van der Waals surface area contributed by atoms with E-state index in [1.165, 1.54) is 0 Å². The molecule has 0 aliphatic rings. The van der Waals surface area contributed by atoms with Gasteiger partial charge >= 0.3 is 0 Å². The van der Waals surface area contributed by atoms with Gasteiger partial charge in [-0.05, 0) is 30.9 Å².